The summed E-state index contributed by atoms with van der Waals surface area (Å²) in [5, 5.41) is 10.3. The molecule has 78 valence electrons. The van der Waals surface area contributed by atoms with Gasteiger partial charge in [0.25, 0.3) is 0 Å². The Morgan fingerprint density at radius 1 is 1.07 bits per heavy atom. The first-order chi connectivity index (χ1) is 6.25. The number of aryl methyl sites for hydroxylation is 1. The second kappa shape index (κ2) is 3.37. The van der Waals surface area contributed by atoms with E-state index in [4.69, 9.17) is 5.73 Å². The average molecular weight is 193 g/mol. The third-order valence-electron chi connectivity index (χ3n) is 2.87. The van der Waals surface area contributed by atoms with Crippen molar-refractivity contribution in [2.45, 2.75) is 38.8 Å². The summed E-state index contributed by atoms with van der Waals surface area (Å²) in [6, 6.07) is 7.80. The lowest BCUT2D eigenvalue weighted by atomic mass is 9.79. The molecule has 0 spiro atoms. The van der Waals surface area contributed by atoms with Crippen LogP contribution in [-0.4, -0.2) is 10.6 Å². The first kappa shape index (κ1) is 11.2. The van der Waals surface area contributed by atoms with Gasteiger partial charge in [-0.05, 0) is 33.3 Å². The van der Waals surface area contributed by atoms with Gasteiger partial charge in [0.2, 0.25) is 0 Å². The Bertz CT molecular complexity index is 306. The molecule has 1 atom stereocenters. The van der Waals surface area contributed by atoms with Crippen LogP contribution >= 0.6 is 0 Å². The number of aliphatic hydroxyl groups is 1. The Kier molecular flexibility index (Phi) is 2.70. The fourth-order valence-corrected chi connectivity index (χ4v) is 1.25. The van der Waals surface area contributed by atoms with Crippen molar-refractivity contribution in [3.8, 4) is 0 Å². The lowest BCUT2D eigenvalue weighted by Crippen LogP contribution is -2.52. The molecule has 1 aromatic rings. The van der Waals surface area contributed by atoms with Crippen molar-refractivity contribution < 1.29 is 5.11 Å². The molecule has 1 aromatic carbocycles. The van der Waals surface area contributed by atoms with E-state index < -0.39 is 11.1 Å². The predicted octanol–water partition coefficient (Wildman–Crippen LogP) is 1.94. The Morgan fingerprint density at radius 2 is 1.50 bits per heavy atom. The van der Waals surface area contributed by atoms with Crippen LogP contribution in [0.2, 0.25) is 0 Å². The summed E-state index contributed by atoms with van der Waals surface area (Å²) in [5.74, 6) is 0. The summed E-state index contributed by atoms with van der Waals surface area (Å²) in [6.45, 7) is 7.42. The monoisotopic (exact) mass is 193 g/mol. The standard InChI is InChI=1S/C12H19NO/c1-9-5-7-10(8-6-9)12(4,14)11(2,3)13/h5-8,14H,13H2,1-4H3. The number of nitrogens with two attached hydrogens (primary N) is 1. The molecule has 1 unspecified atom stereocenters. The van der Waals surface area contributed by atoms with E-state index in [1.807, 2.05) is 45.0 Å². The molecular formula is C12H19NO. The van der Waals surface area contributed by atoms with Crippen molar-refractivity contribution in [2.75, 3.05) is 0 Å². The summed E-state index contributed by atoms with van der Waals surface area (Å²) in [6.07, 6.45) is 0. The summed E-state index contributed by atoms with van der Waals surface area (Å²) in [4.78, 5) is 0. The van der Waals surface area contributed by atoms with Gasteiger partial charge in [0.05, 0.1) is 0 Å². The van der Waals surface area contributed by atoms with Crippen LogP contribution in [0.5, 0.6) is 0 Å². The van der Waals surface area contributed by atoms with Crippen molar-refractivity contribution in [2.24, 2.45) is 5.73 Å². The van der Waals surface area contributed by atoms with Gasteiger partial charge < -0.3 is 10.8 Å². The van der Waals surface area contributed by atoms with Crippen LogP contribution < -0.4 is 5.73 Å². The van der Waals surface area contributed by atoms with Gasteiger partial charge in [-0.2, -0.15) is 0 Å². The number of benzene rings is 1. The van der Waals surface area contributed by atoms with E-state index >= 15 is 0 Å². The van der Waals surface area contributed by atoms with Gasteiger partial charge >= 0.3 is 0 Å². The molecular weight excluding hydrogens is 174 g/mol. The Balaban J connectivity index is 3.10. The SMILES string of the molecule is Cc1ccc(C(C)(O)C(C)(C)N)cc1. The molecule has 0 aliphatic rings. The number of hydrogen-bond donors (Lipinski definition) is 2. The summed E-state index contributed by atoms with van der Waals surface area (Å²) < 4.78 is 0. The van der Waals surface area contributed by atoms with E-state index in [1.54, 1.807) is 6.92 Å². The van der Waals surface area contributed by atoms with Crippen molar-refractivity contribution in [3.05, 3.63) is 35.4 Å². The van der Waals surface area contributed by atoms with Crippen molar-refractivity contribution in [1.29, 1.82) is 0 Å². The smallest absolute Gasteiger partial charge is 0.104 e. The van der Waals surface area contributed by atoms with Crippen LogP contribution in [-0.2, 0) is 5.60 Å². The molecule has 1 rings (SSSR count). The molecule has 0 aromatic heterocycles. The Labute approximate surface area is 85.8 Å². The van der Waals surface area contributed by atoms with Crippen LogP contribution in [0, 0.1) is 6.92 Å². The summed E-state index contributed by atoms with van der Waals surface area (Å²) in [5.41, 5.74) is 6.32. The molecule has 0 radical (unpaired) electrons. The quantitative estimate of drug-likeness (QED) is 0.754. The van der Waals surface area contributed by atoms with E-state index in [2.05, 4.69) is 0 Å². The number of hydrogen-bond acceptors (Lipinski definition) is 2. The molecule has 0 saturated heterocycles. The normalized spacial score (nSPS) is 16.4. The van der Waals surface area contributed by atoms with E-state index in [0.717, 1.165) is 5.56 Å². The molecule has 0 saturated carbocycles. The maximum absolute atomic E-state index is 10.3. The molecule has 0 aliphatic carbocycles. The lowest BCUT2D eigenvalue weighted by molar-refractivity contribution is -0.00870. The minimum atomic E-state index is -0.999. The van der Waals surface area contributed by atoms with E-state index in [-0.39, 0.29) is 0 Å². The maximum atomic E-state index is 10.3. The van der Waals surface area contributed by atoms with E-state index in [1.165, 1.54) is 5.56 Å². The zero-order chi connectivity index (χ0) is 11.0. The fraction of sp³-hybridized carbons (Fsp3) is 0.500. The topological polar surface area (TPSA) is 46.2 Å². The minimum Gasteiger partial charge on any atom is -0.384 e. The van der Waals surface area contributed by atoms with Gasteiger partial charge in [-0.3, -0.25) is 0 Å². The van der Waals surface area contributed by atoms with Crippen LogP contribution in [0.4, 0.5) is 0 Å². The molecule has 2 nitrogen and oxygen atoms in total. The zero-order valence-electron chi connectivity index (χ0n) is 9.33. The van der Waals surface area contributed by atoms with Crippen molar-refractivity contribution >= 4 is 0 Å². The molecule has 0 bridgehead atoms. The Morgan fingerprint density at radius 3 is 1.86 bits per heavy atom. The third kappa shape index (κ3) is 1.97. The summed E-state index contributed by atoms with van der Waals surface area (Å²) >= 11 is 0. The van der Waals surface area contributed by atoms with Crippen LogP contribution in [0.3, 0.4) is 0 Å². The minimum absolute atomic E-state index is 0.651. The van der Waals surface area contributed by atoms with E-state index in [0.29, 0.717) is 0 Å². The number of rotatable bonds is 2. The molecule has 3 N–H and O–H groups in total. The molecule has 0 amide bonds. The maximum Gasteiger partial charge on any atom is 0.104 e. The van der Waals surface area contributed by atoms with Gasteiger partial charge in [0.1, 0.15) is 5.60 Å². The van der Waals surface area contributed by atoms with Gasteiger partial charge in [-0.25, -0.2) is 0 Å². The van der Waals surface area contributed by atoms with Crippen LogP contribution in [0.25, 0.3) is 0 Å². The van der Waals surface area contributed by atoms with Gasteiger partial charge in [0.15, 0.2) is 0 Å². The fourth-order valence-electron chi connectivity index (χ4n) is 1.25. The molecule has 0 heterocycles. The van der Waals surface area contributed by atoms with Crippen LogP contribution in [0.15, 0.2) is 24.3 Å². The van der Waals surface area contributed by atoms with Crippen molar-refractivity contribution in [3.63, 3.8) is 0 Å². The largest absolute Gasteiger partial charge is 0.384 e. The average Bonchev–Trinajstić information content (AvgIpc) is 2.03. The first-order valence-electron chi connectivity index (χ1n) is 4.83. The second-order valence-corrected chi connectivity index (χ2v) is 4.66. The van der Waals surface area contributed by atoms with Gasteiger partial charge in [0, 0.05) is 5.54 Å². The summed E-state index contributed by atoms with van der Waals surface area (Å²) in [7, 11) is 0. The highest BCUT2D eigenvalue weighted by atomic mass is 16.3. The van der Waals surface area contributed by atoms with E-state index in [9.17, 15) is 5.11 Å². The predicted molar refractivity (Wildman–Crippen MR) is 59.0 cm³/mol. The highest BCUT2D eigenvalue weighted by molar-refractivity contribution is 5.28. The zero-order valence-corrected chi connectivity index (χ0v) is 9.33. The highest BCUT2D eigenvalue weighted by Gasteiger charge is 2.37. The van der Waals surface area contributed by atoms with Crippen LogP contribution in [0.1, 0.15) is 31.9 Å². The molecule has 0 fully saturated rings. The first-order valence-corrected chi connectivity index (χ1v) is 4.83. The van der Waals surface area contributed by atoms with Gasteiger partial charge in [-0.1, -0.05) is 29.8 Å². The molecule has 14 heavy (non-hydrogen) atoms. The second-order valence-electron chi connectivity index (χ2n) is 4.66. The lowest BCUT2D eigenvalue weighted by Gasteiger charge is -2.37. The van der Waals surface area contributed by atoms with Crippen molar-refractivity contribution in [1.82, 2.24) is 0 Å². The third-order valence-corrected chi connectivity index (χ3v) is 2.87. The van der Waals surface area contributed by atoms with Gasteiger partial charge in [-0.15, -0.1) is 0 Å². The Hall–Kier alpha value is -0.860. The highest BCUT2D eigenvalue weighted by Crippen LogP contribution is 2.30. The molecule has 0 aliphatic heterocycles. The molecule has 2 heteroatoms.